The van der Waals surface area contributed by atoms with Crippen LogP contribution in [0.25, 0.3) is 0 Å². The summed E-state index contributed by atoms with van der Waals surface area (Å²) < 4.78 is 9.27. The van der Waals surface area contributed by atoms with E-state index in [1.165, 1.54) is 18.9 Å². The van der Waals surface area contributed by atoms with Gasteiger partial charge in [0, 0.05) is 19.9 Å². The van der Waals surface area contributed by atoms with E-state index < -0.39 is 12.3 Å². The maximum Gasteiger partial charge on any atom is 0.412 e. The molecule has 1 atom stereocenters. The lowest BCUT2D eigenvalue weighted by molar-refractivity contribution is -0.165. The second-order valence-corrected chi connectivity index (χ2v) is 2.52. The highest BCUT2D eigenvalue weighted by Gasteiger charge is 2.35. The van der Waals surface area contributed by atoms with Crippen LogP contribution in [0, 0.1) is 0 Å². The van der Waals surface area contributed by atoms with Gasteiger partial charge >= 0.3 is 12.1 Å². The predicted octanol–water partition coefficient (Wildman–Crippen LogP) is 0.348. The highest BCUT2D eigenvalue weighted by Crippen LogP contribution is 2.19. The molecule has 1 aliphatic heterocycles. The second kappa shape index (κ2) is 3.42. The zero-order valence-electron chi connectivity index (χ0n) is 7.07. The van der Waals surface area contributed by atoms with Gasteiger partial charge in [-0.15, -0.1) is 0 Å². The molecule has 0 aliphatic carbocycles. The van der Waals surface area contributed by atoms with E-state index >= 15 is 0 Å². The van der Waals surface area contributed by atoms with E-state index in [2.05, 4.69) is 4.74 Å². The van der Waals surface area contributed by atoms with Gasteiger partial charge in [-0.25, -0.2) is 4.79 Å². The lowest BCUT2D eigenvalue weighted by Crippen LogP contribution is -2.52. The molecule has 1 amide bonds. The van der Waals surface area contributed by atoms with Gasteiger partial charge in [0.25, 0.3) is 0 Å². The fraction of sp³-hybridized carbons (Fsp3) is 0.714. The van der Waals surface area contributed by atoms with Crippen LogP contribution in [-0.2, 0) is 14.3 Å². The molecule has 0 aromatic heterocycles. The molecule has 0 spiro atoms. The zero-order valence-corrected chi connectivity index (χ0v) is 7.07. The van der Waals surface area contributed by atoms with E-state index in [4.69, 9.17) is 4.74 Å². The Kier molecular flexibility index (Phi) is 2.52. The fourth-order valence-corrected chi connectivity index (χ4v) is 1.00. The van der Waals surface area contributed by atoms with Gasteiger partial charge in [-0.2, -0.15) is 0 Å². The normalized spacial score (nSPS) is 21.2. The van der Waals surface area contributed by atoms with Crippen LogP contribution in [0.1, 0.15) is 13.3 Å². The molecule has 1 saturated heterocycles. The highest BCUT2D eigenvalue weighted by atomic mass is 16.6. The molecule has 0 radical (unpaired) electrons. The van der Waals surface area contributed by atoms with Crippen molar-refractivity contribution in [3.8, 4) is 0 Å². The Balaban J connectivity index is 2.38. The van der Waals surface area contributed by atoms with Gasteiger partial charge in [0.05, 0.1) is 7.11 Å². The van der Waals surface area contributed by atoms with Crippen LogP contribution >= 0.6 is 0 Å². The molecule has 0 saturated carbocycles. The van der Waals surface area contributed by atoms with E-state index in [1.54, 1.807) is 0 Å². The maximum atomic E-state index is 10.9. The summed E-state index contributed by atoms with van der Waals surface area (Å²) >= 11 is 0. The molecule has 0 aromatic carbocycles. The third kappa shape index (κ3) is 1.66. The number of hydrogen-bond acceptors (Lipinski definition) is 4. The predicted molar refractivity (Wildman–Crippen MR) is 39.3 cm³/mol. The first kappa shape index (κ1) is 8.83. The number of carbonyl (C=O) groups excluding carboxylic acids is 2. The van der Waals surface area contributed by atoms with Crippen LogP contribution < -0.4 is 0 Å². The first-order valence-corrected chi connectivity index (χ1v) is 3.67. The Morgan fingerprint density at radius 1 is 1.50 bits per heavy atom. The first-order chi connectivity index (χ1) is 5.65. The average molecular weight is 173 g/mol. The molecule has 5 heteroatoms. The summed E-state index contributed by atoms with van der Waals surface area (Å²) in [5.41, 5.74) is 0. The maximum absolute atomic E-state index is 10.9. The van der Waals surface area contributed by atoms with Crippen molar-refractivity contribution < 1.29 is 19.1 Å². The summed E-state index contributed by atoms with van der Waals surface area (Å²) in [6, 6.07) is 0. The molecule has 0 N–H and O–H groups in total. The number of nitrogens with zero attached hydrogens (tertiary/aromatic N) is 1. The smallest absolute Gasteiger partial charge is 0.412 e. The topological polar surface area (TPSA) is 55.8 Å². The third-order valence-electron chi connectivity index (χ3n) is 1.68. The first-order valence-electron chi connectivity index (χ1n) is 3.67. The van der Waals surface area contributed by atoms with Crippen molar-refractivity contribution in [3.63, 3.8) is 0 Å². The Hall–Kier alpha value is -1.26. The number of carbonyl (C=O) groups is 2. The Labute approximate surface area is 70.2 Å². The molecular formula is C7H11NO4. The summed E-state index contributed by atoms with van der Waals surface area (Å²) in [6.45, 7) is 1.90. The van der Waals surface area contributed by atoms with Crippen molar-refractivity contribution in [2.45, 2.75) is 19.6 Å². The minimum atomic E-state index is -0.451. The molecule has 0 aromatic rings. The number of amides is 1. The monoisotopic (exact) mass is 173 g/mol. The summed E-state index contributed by atoms with van der Waals surface area (Å²) in [4.78, 5) is 22.8. The summed E-state index contributed by atoms with van der Waals surface area (Å²) in [7, 11) is 1.30. The van der Waals surface area contributed by atoms with Gasteiger partial charge < -0.3 is 9.47 Å². The number of ether oxygens (including phenoxy) is 2. The number of esters is 1. The molecule has 1 unspecified atom stereocenters. The van der Waals surface area contributed by atoms with Gasteiger partial charge in [0.15, 0.2) is 6.23 Å². The zero-order chi connectivity index (χ0) is 9.14. The van der Waals surface area contributed by atoms with E-state index in [9.17, 15) is 9.59 Å². The van der Waals surface area contributed by atoms with Crippen LogP contribution in [0.4, 0.5) is 4.79 Å². The van der Waals surface area contributed by atoms with Gasteiger partial charge in [-0.05, 0) is 0 Å². The van der Waals surface area contributed by atoms with Crippen LogP contribution in [-0.4, -0.2) is 36.8 Å². The molecule has 1 aliphatic rings. The summed E-state index contributed by atoms with van der Waals surface area (Å²) in [6.07, 6.45) is -0.184. The Morgan fingerprint density at radius 3 is 2.50 bits per heavy atom. The largest absolute Gasteiger partial charge is 0.453 e. The fourth-order valence-electron chi connectivity index (χ4n) is 1.00. The van der Waals surface area contributed by atoms with Gasteiger partial charge in [0.2, 0.25) is 0 Å². The van der Waals surface area contributed by atoms with Gasteiger partial charge in [-0.3, -0.25) is 9.69 Å². The van der Waals surface area contributed by atoms with Crippen LogP contribution in [0.15, 0.2) is 0 Å². The van der Waals surface area contributed by atoms with Crippen molar-refractivity contribution in [1.82, 2.24) is 4.90 Å². The van der Waals surface area contributed by atoms with Crippen LogP contribution in [0.3, 0.4) is 0 Å². The average Bonchev–Trinajstić information content (AvgIpc) is 1.98. The number of rotatable bonds is 1. The number of hydrogen-bond donors (Lipinski definition) is 0. The lowest BCUT2D eigenvalue weighted by Gasteiger charge is -2.37. The van der Waals surface area contributed by atoms with E-state index in [0.717, 1.165) is 0 Å². The highest BCUT2D eigenvalue weighted by molar-refractivity contribution is 5.70. The van der Waals surface area contributed by atoms with Crippen molar-refractivity contribution in [3.05, 3.63) is 0 Å². The lowest BCUT2D eigenvalue weighted by atomic mass is 10.2. The molecule has 12 heavy (non-hydrogen) atoms. The van der Waals surface area contributed by atoms with E-state index in [1.807, 2.05) is 0 Å². The third-order valence-corrected chi connectivity index (χ3v) is 1.68. The SMILES string of the molecule is COC(=O)N1CCC1OC(C)=O. The van der Waals surface area contributed by atoms with Crippen molar-refractivity contribution >= 4 is 12.1 Å². The molecule has 5 nitrogen and oxygen atoms in total. The Morgan fingerprint density at radius 2 is 2.17 bits per heavy atom. The molecule has 1 heterocycles. The molecule has 0 bridgehead atoms. The van der Waals surface area contributed by atoms with Crippen molar-refractivity contribution in [2.75, 3.05) is 13.7 Å². The standard InChI is InChI=1S/C7H11NO4/c1-5(9)12-6-3-4-8(6)7(10)11-2/h6H,3-4H2,1-2H3. The second-order valence-electron chi connectivity index (χ2n) is 2.52. The van der Waals surface area contributed by atoms with Crippen molar-refractivity contribution in [1.29, 1.82) is 0 Å². The molecule has 68 valence electrons. The minimum absolute atomic E-state index is 0.381. The van der Waals surface area contributed by atoms with Crippen LogP contribution in [0.5, 0.6) is 0 Å². The van der Waals surface area contributed by atoms with Crippen LogP contribution in [0.2, 0.25) is 0 Å². The quantitative estimate of drug-likeness (QED) is 0.537. The van der Waals surface area contributed by atoms with Crippen molar-refractivity contribution in [2.24, 2.45) is 0 Å². The number of methoxy groups -OCH3 is 1. The van der Waals surface area contributed by atoms with Gasteiger partial charge in [0.1, 0.15) is 0 Å². The Bertz CT molecular complexity index is 204. The molecular weight excluding hydrogens is 162 g/mol. The van der Waals surface area contributed by atoms with E-state index in [-0.39, 0.29) is 5.97 Å². The number of likely N-dealkylation sites (tertiary alicyclic amines) is 1. The minimum Gasteiger partial charge on any atom is -0.453 e. The summed E-state index contributed by atoms with van der Waals surface area (Å²) in [5.74, 6) is -0.381. The summed E-state index contributed by atoms with van der Waals surface area (Å²) in [5, 5.41) is 0. The van der Waals surface area contributed by atoms with E-state index in [0.29, 0.717) is 13.0 Å². The molecule has 1 fully saturated rings. The molecule has 1 rings (SSSR count). The van der Waals surface area contributed by atoms with Gasteiger partial charge in [-0.1, -0.05) is 0 Å².